The summed E-state index contributed by atoms with van der Waals surface area (Å²) in [6, 6.07) is 27.6. The summed E-state index contributed by atoms with van der Waals surface area (Å²) in [6.45, 7) is 0.537. The number of nitrogens with zero attached hydrogens (tertiary/aromatic N) is 2. The van der Waals surface area contributed by atoms with E-state index in [1.54, 1.807) is 7.11 Å². The lowest BCUT2D eigenvalue weighted by Gasteiger charge is -2.10. The number of methoxy groups -OCH3 is 1. The highest BCUT2D eigenvalue weighted by Gasteiger charge is 2.11. The quantitative estimate of drug-likeness (QED) is 0.418. The third kappa shape index (κ3) is 4.02. The maximum Gasteiger partial charge on any atom is 0.152 e. The van der Waals surface area contributed by atoms with Gasteiger partial charge in [-0.15, -0.1) is 0 Å². The number of benzene rings is 3. The van der Waals surface area contributed by atoms with Crippen LogP contribution in [-0.2, 0) is 6.61 Å². The molecule has 0 fully saturated rings. The van der Waals surface area contributed by atoms with Crippen molar-refractivity contribution < 1.29 is 9.47 Å². The zero-order valence-corrected chi connectivity index (χ0v) is 16.1. The molecule has 1 heterocycles. The minimum Gasteiger partial charge on any atom is -0.497 e. The first-order valence-electron chi connectivity index (χ1n) is 8.90. The zero-order chi connectivity index (χ0) is 19.3. The maximum atomic E-state index is 6.19. The van der Waals surface area contributed by atoms with Gasteiger partial charge >= 0.3 is 0 Å². The molecule has 4 nitrogen and oxygen atoms in total. The highest BCUT2D eigenvalue weighted by Crippen LogP contribution is 2.28. The maximum absolute atomic E-state index is 6.19. The number of rotatable bonds is 6. The predicted octanol–water partition coefficient (Wildman–Crippen LogP) is 5.78. The predicted molar refractivity (Wildman–Crippen MR) is 111 cm³/mol. The largest absolute Gasteiger partial charge is 0.497 e. The summed E-state index contributed by atoms with van der Waals surface area (Å²) in [6.07, 6.45) is 0. The van der Waals surface area contributed by atoms with Crippen molar-refractivity contribution in [3.05, 3.63) is 95.6 Å². The van der Waals surface area contributed by atoms with Crippen molar-refractivity contribution in [2.24, 2.45) is 0 Å². The van der Waals surface area contributed by atoms with E-state index >= 15 is 0 Å². The van der Waals surface area contributed by atoms with E-state index in [9.17, 15) is 0 Å². The van der Waals surface area contributed by atoms with Crippen molar-refractivity contribution in [1.82, 2.24) is 9.78 Å². The summed E-state index contributed by atoms with van der Waals surface area (Å²) >= 11 is 6.19. The summed E-state index contributed by atoms with van der Waals surface area (Å²) in [5.41, 5.74) is 3.95. The highest BCUT2D eigenvalue weighted by molar-refractivity contribution is 6.29. The SMILES string of the molecule is COc1ccc(-n2nc(Cl)cc2-c2ccc(OCc3ccccc3)cc2)cc1. The second kappa shape index (κ2) is 8.19. The summed E-state index contributed by atoms with van der Waals surface area (Å²) < 4.78 is 12.9. The van der Waals surface area contributed by atoms with Crippen LogP contribution < -0.4 is 9.47 Å². The van der Waals surface area contributed by atoms with Crippen LogP contribution in [0.1, 0.15) is 5.56 Å². The second-order valence-corrected chi connectivity index (χ2v) is 6.65. The van der Waals surface area contributed by atoms with Gasteiger partial charge in [0.1, 0.15) is 18.1 Å². The first kappa shape index (κ1) is 18.1. The standard InChI is InChI=1S/C23H19ClN2O2/c1-27-20-13-9-19(10-14-20)26-22(15-23(24)25-26)18-7-11-21(12-8-18)28-16-17-5-3-2-4-6-17/h2-15H,16H2,1H3. The minimum absolute atomic E-state index is 0.440. The molecular formula is C23H19ClN2O2. The van der Waals surface area contributed by atoms with Crippen molar-refractivity contribution in [3.63, 3.8) is 0 Å². The third-order valence-corrected chi connectivity index (χ3v) is 4.58. The summed E-state index contributed by atoms with van der Waals surface area (Å²) in [4.78, 5) is 0. The zero-order valence-electron chi connectivity index (χ0n) is 15.4. The molecule has 4 rings (SSSR count). The molecule has 140 valence electrons. The molecule has 0 atom stereocenters. The van der Waals surface area contributed by atoms with Gasteiger partial charge in [0.05, 0.1) is 18.5 Å². The third-order valence-electron chi connectivity index (χ3n) is 4.39. The fourth-order valence-electron chi connectivity index (χ4n) is 2.94. The van der Waals surface area contributed by atoms with Crippen LogP contribution in [0, 0.1) is 0 Å². The van der Waals surface area contributed by atoms with Gasteiger partial charge in [-0.2, -0.15) is 5.10 Å². The first-order valence-corrected chi connectivity index (χ1v) is 9.28. The van der Waals surface area contributed by atoms with E-state index in [0.29, 0.717) is 11.8 Å². The number of hydrogen-bond donors (Lipinski definition) is 0. The Labute approximate surface area is 168 Å². The number of ether oxygens (including phenoxy) is 2. The van der Waals surface area contributed by atoms with Gasteiger partial charge in [-0.25, -0.2) is 4.68 Å². The molecule has 0 radical (unpaired) electrons. The topological polar surface area (TPSA) is 36.3 Å². The molecule has 5 heteroatoms. The molecular weight excluding hydrogens is 372 g/mol. The van der Waals surface area contributed by atoms with Crippen LogP contribution in [-0.4, -0.2) is 16.9 Å². The van der Waals surface area contributed by atoms with E-state index in [4.69, 9.17) is 21.1 Å². The van der Waals surface area contributed by atoms with Gasteiger partial charge in [-0.05, 0) is 54.1 Å². The molecule has 0 saturated carbocycles. The Morgan fingerprint density at radius 1 is 0.857 bits per heavy atom. The number of aromatic nitrogens is 2. The van der Waals surface area contributed by atoms with E-state index < -0.39 is 0 Å². The van der Waals surface area contributed by atoms with Crippen LogP contribution in [0.25, 0.3) is 16.9 Å². The lowest BCUT2D eigenvalue weighted by Crippen LogP contribution is -1.99. The molecule has 3 aromatic carbocycles. The summed E-state index contributed by atoms with van der Waals surface area (Å²) in [5.74, 6) is 1.61. The normalized spacial score (nSPS) is 10.6. The summed E-state index contributed by atoms with van der Waals surface area (Å²) in [5, 5.41) is 4.86. The van der Waals surface area contributed by atoms with Crippen molar-refractivity contribution in [2.45, 2.75) is 6.61 Å². The van der Waals surface area contributed by atoms with Crippen LogP contribution in [0.2, 0.25) is 5.15 Å². The molecule has 0 bridgehead atoms. The van der Waals surface area contributed by atoms with Crippen LogP contribution >= 0.6 is 11.6 Å². The monoisotopic (exact) mass is 390 g/mol. The van der Waals surface area contributed by atoms with E-state index in [1.165, 1.54) is 0 Å². The highest BCUT2D eigenvalue weighted by atomic mass is 35.5. The van der Waals surface area contributed by atoms with Gasteiger partial charge < -0.3 is 9.47 Å². The molecule has 0 aliphatic heterocycles. The van der Waals surface area contributed by atoms with Crippen molar-refractivity contribution in [2.75, 3.05) is 7.11 Å². The van der Waals surface area contributed by atoms with E-state index in [0.717, 1.165) is 34.0 Å². The Balaban J connectivity index is 1.55. The Morgan fingerprint density at radius 3 is 2.21 bits per heavy atom. The molecule has 4 aromatic rings. The van der Waals surface area contributed by atoms with Crippen molar-refractivity contribution in [1.29, 1.82) is 0 Å². The van der Waals surface area contributed by atoms with E-state index in [-0.39, 0.29) is 0 Å². The second-order valence-electron chi connectivity index (χ2n) is 6.26. The lowest BCUT2D eigenvalue weighted by atomic mass is 10.1. The minimum atomic E-state index is 0.440. The van der Waals surface area contributed by atoms with Gasteiger partial charge in [0, 0.05) is 11.6 Å². The number of halogens is 1. The number of hydrogen-bond acceptors (Lipinski definition) is 3. The Morgan fingerprint density at radius 2 is 1.54 bits per heavy atom. The summed E-state index contributed by atoms with van der Waals surface area (Å²) in [7, 11) is 1.65. The molecule has 0 saturated heterocycles. The fourth-order valence-corrected chi connectivity index (χ4v) is 3.12. The van der Waals surface area contributed by atoms with Gasteiger partial charge in [-0.1, -0.05) is 41.9 Å². The smallest absolute Gasteiger partial charge is 0.152 e. The lowest BCUT2D eigenvalue weighted by molar-refractivity contribution is 0.306. The average Bonchev–Trinajstić information content (AvgIpc) is 3.15. The van der Waals surface area contributed by atoms with Crippen LogP contribution in [0.15, 0.2) is 84.9 Å². The molecule has 0 N–H and O–H groups in total. The fraction of sp³-hybridized carbons (Fsp3) is 0.0870. The van der Waals surface area contributed by atoms with Crippen LogP contribution in [0.3, 0.4) is 0 Å². The molecule has 0 aliphatic carbocycles. The van der Waals surface area contributed by atoms with Gasteiger partial charge in [-0.3, -0.25) is 0 Å². The van der Waals surface area contributed by atoms with E-state index in [1.807, 2.05) is 89.6 Å². The Bertz CT molecular complexity index is 1040. The molecule has 28 heavy (non-hydrogen) atoms. The first-order chi connectivity index (χ1) is 13.7. The van der Waals surface area contributed by atoms with Crippen molar-refractivity contribution in [3.8, 4) is 28.4 Å². The molecule has 0 aliphatic rings. The van der Waals surface area contributed by atoms with Gasteiger partial charge in [0.15, 0.2) is 5.15 Å². The Kier molecular flexibility index (Phi) is 5.31. The molecule has 0 amide bonds. The average molecular weight is 391 g/mol. The van der Waals surface area contributed by atoms with Crippen molar-refractivity contribution >= 4 is 11.6 Å². The van der Waals surface area contributed by atoms with Gasteiger partial charge in [0.25, 0.3) is 0 Å². The van der Waals surface area contributed by atoms with Crippen LogP contribution in [0.5, 0.6) is 11.5 Å². The molecule has 1 aromatic heterocycles. The van der Waals surface area contributed by atoms with E-state index in [2.05, 4.69) is 5.10 Å². The molecule has 0 unspecified atom stereocenters. The van der Waals surface area contributed by atoms with Gasteiger partial charge in [0.2, 0.25) is 0 Å². The molecule has 0 spiro atoms. The van der Waals surface area contributed by atoms with Crippen LogP contribution in [0.4, 0.5) is 0 Å². The Hall–Kier alpha value is -3.24.